The highest BCUT2D eigenvalue weighted by molar-refractivity contribution is 5.45. The van der Waals surface area contributed by atoms with E-state index in [0.29, 0.717) is 0 Å². The molecule has 0 saturated carbocycles. The average molecular weight is 263 g/mol. The van der Waals surface area contributed by atoms with Gasteiger partial charge in [-0.05, 0) is 45.8 Å². The van der Waals surface area contributed by atoms with Crippen LogP contribution in [0.15, 0.2) is 18.2 Å². The van der Waals surface area contributed by atoms with Crippen molar-refractivity contribution >= 4 is 0 Å². The van der Waals surface area contributed by atoms with E-state index in [0.717, 1.165) is 37.2 Å². The number of rotatable bonds is 4. The lowest BCUT2D eigenvalue weighted by molar-refractivity contribution is -0.00100. The molecule has 0 saturated heterocycles. The third-order valence-electron chi connectivity index (χ3n) is 4.58. The van der Waals surface area contributed by atoms with Gasteiger partial charge in [-0.3, -0.25) is 0 Å². The first-order valence-electron chi connectivity index (χ1n) is 7.10. The van der Waals surface area contributed by atoms with E-state index in [1.54, 1.807) is 0 Å². The van der Waals surface area contributed by atoms with Crippen molar-refractivity contribution in [2.75, 3.05) is 20.7 Å². The Kier molecular flexibility index (Phi) is 4.16. The second kappa shape index (κ2) is 5.51. The molecule has 0 amide bonds. The number of likely N-dealkylation sites (N-methyl/N-ethyl adjacent to an activating group) is 1. The van der Waals surface area contributed by atoms with Crippen LogP contribution in [0.4, 0.5) is 0 Å². The van der Waals surface area contributed by atoms with Crippen LogP contribution in [-0.4, -0.2) is 36.2 Å². The number of fused-ring (bicyclic) bond motifs is 1. The highest BCUT2D eigenvalue weighted by Crippen LogP contribution is 2.40. The summed E-state index contributed by atoms with van der Waals surface area (Å²) in [6.45, 7) is 4.96. The largest absolute Gasteiger partial charge is 0.493 e. The Morgan fingerprint density at radius 2 is 2.16 bits per heavy atom. The summed E-state index contributed by atoms with van der Waals surface area (Å²) in [4.78, 5) is 2.10. The number of aliphatic hydroxyl groups is 1. The molecule has 0 spiro atoms. The predicted octanol–water partition coefficient (Wildman–Crippen LogP) is 2.78. The molecular weight excluding hydrogens is 238 g/mol. The Morgan fingerprint density at radius 1 is 1.42 bits per heavy atom. The molecule has 1 aliphatic heterocycles. The van der Waals surface area contributed by atoms with Gasteiger partial charge in [-0.15, -0.1) is 0 Å². The van der Waals surface area contributed by atoms with Crippen LogP contribution in [0, 0.1) is 0 Å². The second-order valence-electron chi connectivity index (χ2n) is 5.80. The van der Waals surface area contributed by atoms with Gasteiger partial charge in [0.25, 0.3) is 0 Å². The van der Waals surface area contributed by atoms with E-state index in [-0.39, 0.29) is 5.54 Å². The molecule has 2 unspecified atom stereocenters. The maximum absolute atomic E-state index is 10.8. The van der Waals surface area contributed by atoms with E-state index in [1.165, 1.54) is 5.56 Å². The van der Waals surface area contributed by atoms with Crippen molar-refractivity contribution in [3.63, 3.8) is 0 Å². The van der Waals surface area contributed by atoms with Crippen LogP contribution in [0.2, 0.25) is 0 Å². The molecule has 0 bridgehead atoms. The van der Waals surface area contributed by atoms with Gasteiger partial charge in [0.1, 0.15) is 11.9 Å². The average Bonchev–Trinajstić information content (AvgIpc) is 2.44. The Hall–Kier alpha value is -1.06. The van der Waals surface area contributed by atoms with E-state index in [4.69, 9.17) is 4.74 Å². The monoisotopic (exact) mass is 263 g/mol. The molecule has 1 N–H and O–H groups in total. The summed E-state index contributed by atoms with van der Waals surface area (Å²) < 4.78 is 5.82. The SMILES string of the molecule is CCC(C)(C(O)c1cccc2c1OCCC2)N(C)C. The number of hydrogen-bond donors (Lipinski definition) is 1. The maximum Gasteiger partial charge on any atom is 0.128 e. The van der Waals surface area contributed by atoms with Crippen LogP contribution in [0.1, 0.15) is 43.9 Å². The van der Waals surface area contributed by atoms with Gasteiger partial charge in [0, 0.05) is 11.1 Å². The van der Waals surface area contributed by atoms with Crippen molar-refractivity contribution in [3.05, 3.63) is 29.3 Å². The third kappa shape index (κ3) is 2.49. The van der Waals surface area contributed by atoms with Gasteiger partial charge in [0.05, 0.1) is 6.61 Å². The molecule has 3 nitrogen and oxygen atoms in total. The van der Waals surface area contributed by atoms with Crippen LogP contribution < -0.4 is 4.74 Å². The quantitative estimate of drug-likeness (QED) is 0.906. The maximum atomic E-state index is 10.8. The molecule has 1 aromatic rings. The van der Waals surface area contributed by atoms with Crippen LogP contribution in [0.25, 0.3) is 0 Å². The smallest absolute Gasteiger partial charge is 0.128 e. The lowest BCUT2D eigenvalue weighted by Gasteiger charge is -2.41. The van der Waals surface area contributed by atoms with Gasteiger partial charge >= 0.3 is 0 Å². The lowest BCUT2D eigenvalue weighted by Crippen LogP contribution is -2.46. The minimum absolute atomic E-state index is 0.282. The summed E-state index contributed by atoms with van der Waals surface area (Å²) in [7, 11) is 4.03. The molecule has 0 aromatic heterocycles. The minimum atomic E-state index is -0.541. The molecule has 0 aliphatic carbocycles. The number of aryl methyl sites for hydroxylation is 1. The highest BCUT2D eigenvalue weighted by Gasteiger charge is 2.36. The number of para-hydroxylation sites is 1. The fraction of sp³-hybridized carbons (Fsp3) is 0.625. The van der Waals surface area contributed by atoms with E-state index in [9.17, 15) is 5.11 Å². The van der Waals surface area contributed by atoms with E-state index < -0.39 is 6.10 Å². The molecule has 0 fully saturated rings. The molecular formula is C16H25NO2. The fourth-order valence-electron chi connectivity index (χ4n) is 2.72. The first kappa shape index (κ1) is 14.4. The van der Waals surface area contributed by atoms with Crippen LogP contribution in [0.3, 0.4) is 0 Å². The first-order chi connectivity index (χ1) is 9.00. The Morgan fingerprint density at radius 3 is 2.79 bits per heavy atom. The number of benzene rings is 1. The summed E-state index contributed by atoms with van der Waals surface area (Å²) in [6.07, 6.45) is 2.44. The zero-order valence-electron chi connectivity index (χ0n) is 12.4. The summed E-state index contributed by atoms with van der Waals surface area (Å²) in [5.41, 5.74) is 1.87. The standard InChI is InChI=1S/C16H25NO2/c1-5-16(2,17(3)4)15(18)13-10-6-8-12-9-7-11-19-14(12)13/h6,8,10,15,18H,5,7,9,11H2,1-4H3. The zero-order valence-corrected chi connectivity index (χ0v) is 12.4. The molecule has 1 aromatic carbocycles. The molecule has 1 aliphatic rings. The second-order valence-corrected chi connectivity index (χ2v) is 5.80. The van der Waals surface area contributed by atoms with Gasteiger partial charge in [0.2, 0.25) is 0 Å². The van der Waals surface area contributed by atoms with Crippen LogP contribution in [0.5, 0.6) is 5.75 Å². The van der Waals surface area contributed by atoms with E-state index in [1.807, 2.05) is 26.2 Å². The molecule has 106 valence electrons. The van der Waals surface area contributed by atoms with Crippen molar-refractivity contribution < 1.29 is 9.84 Å². The lowest BCUT2D eigenvalue weighted by atomic mass is 9.84. The van der Waals surface area contributed by atoms with Crippen molar-refractivity contribution in [2.24, 2.45) is 0 Å². The van der Waals surface area contributed by atoms with Crippen molar-refractivity contribution in [1.29, 1.82) is 0 Å². The highest BCUT2D eigenvalue weighted by atomic mass is 16.5. The summed E-state index contributed by atoms with van der Waals surface area (Å²) in [5.74, 6) is 0.905. The normalized spacial score (nSPS) is 19.5. The zero-order chi connectivity index (χ0) is 14.0. The van der Waals surface area contributed by atoms with Gasteiger partial charge in [-0.25, -0.2) is 0 Å². The Balaban J connectivity index is 2.41. The molecule has 3 heteroatoms. The molecule has 2 atom stereocenters. The van der Waals surface area contributed by atoms with Gasteiger partial charge in [0.15, 0.2) is 0 Å². The first-order valence-corrected chi connectivity index (χ1v) is 7.10. The summed E-state index contributed by atoms with van der Waals surface area (Å²) in [6, 6.07) is 6.12. The number of hydrogen-bond acceptors (Lipinski definition) is 3. The summed E-state index contributed by atoms with van der Waals surface area (Å²) >= 11 is 0. The van der Waals surface area contributed by atoms with Gasteiger partial charge < -0.3 is 14.7 Å². The van der Waals surface area contributed by atoms with Crippen LogP contribution >= 0.6 is 0 Å². The third-order valence-corrected chi connectivity index (χ3v) is 4.58. The van der Waals surface area contributed by atoms with E-state index in [2.05, 4.69) is 24.8 Å². The van der Waals surface area contributed by atoms with Crippen LogP contribution in [-0.2, 0) is 6.42 Å². The minimum Gasteiger partial charge on any atom is -0.493 e. The predicted molar refractivity (Wildman–Crippen MR) is 77.6 cm³/mol. The number of nitrogens with zero attached hydrogens (tertiary/aromatic N) is 1. The molecule has 2 rings (SSSR count). The molecule has 19 heavy (non-hydrogen) atoms. The van der Waals surface area contributed by atoms with Crippen molar-refractivity contribution in [1.82, 2.24) is 4.90 Å². The molecule has 0 radical (unpaired) electrons. The Bertz CT molecular complexity index is 444. The fourth-order valence-corrected chi connectivity index (χ4v) is 2.72. The topological polar surface area (TPSA) is 32.7 Å². The Labute approximate surface area is 116 Å². The van der Waals surface area contributed by atoms with E-state index >= 15 is 0 Å². The van der Waals surface area contributed by atoms with Crippen molar-refractivity contribution in [3.8, 4) is 5.75 Å². The number of ether oxygens (including phenoxy) is 1. The summed E-state index contributed by atoms with van der Waals surface area (Å²) in [5, 5.41) is 10.8. The number of aliphatic hydroxyl groups excluding tert-OH is 1. The van der Waals surface area contributed by atoms with Gasteiger partial charge in [-0.1, -0.05) is 25.1 Å². The van der Waals surface area contributed by atoms with Crippen molar-refractivity contribution in [2.45, 2.75) is 44.8 Å². The van der Waals surface area contributed by atoms with Gasteiger partial charge in [-0.2, -0.15) is 0 Å². The molecule has 1 heterocycles.